The minimum absolute atomic E-state index is 0.0462. The maximum absolute atomic E-state index is 12.2. The van der Waals surface area contributed by atoms with E-state index >= 15 is 0 Å². The Morgan fingerprint density at radius 2 is 2.21 bits per heavy atom. The van der Waals surface area contributed by atoms with Gasteiger partial charge < -0.3 is 10.6 Å². The third kappa shape index (κ3) is 2.78. The molecule has 2 fully saturated rings. The molecule has 1 saturated carbocycles. The fourth-order valence-electron chi connectivity index (χ4n) is 3.46. The first kappa shape index (κ1) is 12.6. The van der Waals surface area contributed by atoms with E-state index in [1.165, 1.54) is 24.8 Å². The van der Waals surface area contributed by atoms with Crippen molar-refractivity contribution >= 4 is 5.91 Å². The first-order chi connectivity index (χ1) is 9.34. The van der Waals surface area contributed by atoms with Crippen LogP contribution in [0.15, 0.2) is 24.5 Å². The van der Waals surface area contributed by atoms with Crippen molar-refractivity contribution in [3.63, 3.8) is 0 Å². The van der Waals surface area contributed by atoms with Crippen molar-refractivity contribution in [2.45, 2.75) is 31.7 Å². The van der Waals surface area contributed by atoms with Gasteiger partial charge in [-0.25, -0.2) is 0 Å². The van der Waals surface area contributed by atoms with Gasteiger partial charge in [0.15, 0.2) is 0 Å². The highest BCUT2D eigenvalue weighted by Gasteiger charge is 2.42. The highest BCUT2D eigenvalue weighted by Crippen LogP contribution is 2.37. The number of aromatic nitrogens is 1. The van der Waals surface area contributed by atoms with E-state index in [0.29, 0.717) is 12.5 Å². The van der Waals surface area contributed by atoms with Crippen molar-refractivity contribution in [3.05, 3.63) is 30.1 Å². The van der Waals surface area contributed by atoms with E-state index in [4.69, 9.17) is 0 Å². The highest BCUT2D eigenvalue weighted by molar-refractivity contribution is 5.82. The fourth-order valence-corrected chi connectivity index (χ4v) is 3.46. The van der Waals surface area contributed by atoms with E-state index in [2.05, 4.69) is 15.6 Å². The van der Waals surface area contributed by atoms with Gasteiger partial charge in [-0.05, 0) is 55.3 Å². The molecule has 2 N–H and O–H groups in total. The summed E-state index contributed by atoms with van der Waals surface area (Å²) in [7, 11) is 0. The lowest BCUT2D eigenvalue weighted by atomic mass is 9.93. The average molecular weight is 259 g/mol. The molecule has 3 atom stereocenters. The lowest BCUT2D eigenvalue weighted by Gasteiger charge is -2.17. The van der Waals surface area contributed by atoms with Crippen LogP contribution in [0, 0.1) is 11.8 Å². The van der Waals surface area contributed by atoms with Gasteiger partial charge in [0.05, 0.1) is 6.04 Å². The second-order valence-corrected chi connectivity index (χ2v) is 5.64. The average Bonchev–Trinajstić information content (AvgIpc) is 3.02. The summed E-state index contributed by atoms with van der Waals surface area (Å²) in [6.45, 7) is 1.73. The molecule has 1 aliphatic carbocycles. The van der Waals surface area contributed by atoms with Gasteiger partial charge in [0, 0.05) is 18.9 Å². The summed E-state index contributed by atoms with van der Waals surface area (Å²) in [5.41, 5.74) is 1.22. The van der Waals surface area contributed by atoms with Gasteiger partial charge in [-0.1, -0.05) is 6.42 Å². The van der Waals surface area contributed by atoms with Crippen LogP contribution in [0.1, 0.15) is 24.8 Å². The number of pyridine rings is 1. The second-order valence-electron chi connectivity index (χ2n) is 5.64. The third-order valence-corrected chi connectivity index (χ3v) is 4.49. The van der Waals surface area contributed by atoms with Gasteiger partial charge in [0.2, 0.25) is 5.91 Å². The van der Waals surface area contributed by atoms with Crippen molar-refractivity contribution < 1.29 is 4.79 Å². The normalized spacial score (nSPS) is 29.2. The Bertz CT molecular complexity index is 434. The van der Waals surface area contributed by atoms with Crippen molar-refractivity contribution in [2.75, 3.05) is 13.1 Å². The Morgan fingerprint density at radius 1 is 1.37 bits per heavy atom. The zero-order valence-electron chi connectivity index (χ0n) is 11.1. The molecule has 0 bridgehead atoms. The number of hydrogen-bond acceptors (Lipinski definition) is 3. The van der Waals surface area contributed by atoms with Crippen molar-refractivity contribution in [2.24, 2.45) is 11.8 Å². The fraction of sp³-hybridized carbons (Fsp3) is 0.600. The number of nitrogens with one attached hydrogen (secondary N) is 2. The zero-order chi connectivity index (χ0) is 13.1. The summed E-state index contributed by atoms with van der Waals surface area (Å²) in [4.78, 5) is 16.2. The molecule has 2 aliphatic rings. The molecule has 0 radical (unpaired) electrons. The number of hydrogen-bond donors (Lipinski definition) is 2. The van der Waals surface area contributed by atoms with Crippen LogP contribution in [0.2, 0.25) is 0 Å². The Hall–Kier alpha value is -1.42. The third-order valence-electron chi connectivity index (χ3n) is 4.49. The van der Waals surface area contributed by atoms with Gasteiger partial charge in [-0.3, -0.25) is 9.78 Å². The Balaban J connectivity index is 1.47. The van der Waals surface area contributed by atoms with Crippen LogP contribution in [0.4, 0.5) is 0 Å². The van der Waals surface area contributed by atoms with E-state index in [0.717, 1.165) is 18.9 Å². The molecule has 2 heterocycles. The van der Waals surface area contributed by atoms with Crippen LogP contribution in [0.25, 0.3) is 0 Å². The smallest absolute Gasteiger partial charge is 0.237 e. The molecular weight excluding hydrogens is 238 g/mol. The molecule has 3 rings (SSSR count). The van der Waals surface area contributed by atoms with Gasteiger partial charge in [0.25, 0.3) is 0 Å². The van der Waals surface area contributed by atoms with E-state index in [-0.39, 0.29) is 11.9 Å². The van der Waals surface area contributed by atoms with Crippen molar-refractivity contribution in [1.82, 2.24) is 15.6 Å². The van der Waals surface area contributed by atoms with Crippen LogP contribution in [0.5, 0.6) is 0 Å². The van der Waals surface area contributed by atoms with Gasteiger partial charge in [-0.15, -0.1) is 0 Å². The molecule has 1 aliphatic heterocycles. The Morgan fingerprint density at radius 3 is 3.05 bits per heavy atom. The molecule has 0 spiro atoms. The molecule has 3 unspecified atom stereocenters. The molecule has 4 heteroatoms. The molecule has 1 saturated heterocycles. The maximum Gasteiger partial charge on any atom is 0.237 e. The maximum atomic E-state index is 12.2. The number of carbonyl (C=O) groups is 1. The van der Waals surface area contributed by atoms with E-state index < -0.39 is 0 Å². The number of fused-ring (bicyclic) bond motifs is 1. The van der Waals surface area contributed by atoms with Crippen LogP contribution in [0.3, 0.4) is 0 Å². The minimum Gasteiger partial charge on any atom is -0.354 e. The van der Waals surface area contributed by atoms with Crippen molar-refractivity contribution in [3.8, 4) is 0 Å². The molecular formula is C15H21N3O. The number of nitrogens with zero attached hydrogens (tertiary/aromatic N) is 1. The standard InChI is InChI=1S/C15H21N3O/c19-15(14-13-3-1-2-12(13)10-18-14)17-9-6-11-4-7-16-8-5-11/h4-5,7-8,12-14,18H,1-3,6,9-10H2,(H,17,19). The molecule has 1 aromatic rings. The number of amides is 1. The molecule has 102 valence electrons. The largest absolute Gasteiger partial charge is 0.354 e. The van der Waals surface area contributed by atoms with E-state index in [1.807, 2.05) is 12.1 Å². The van der Waals surface area contributed by atoms with Gasteiger partial charge in [-0.2, -0.15) is 0 Å². The summed E-state index contributed by atoms with van der Waals surface area (Å²) in [5, 5.41) is 6.45. The van der Waals surface area contributed by atoms with Gasteiger partial charge >= 0.3 is 0 Å². The molecule has 19 heavy (non-hydrogen) atoms. The topological polar surface area (TPSA) is 54.0 Å². The minimum atomic E-state index is 0.0462. The lowest BCUT2D eigenvalue weighted by molar-refractivity contribution is -0.123. The molecule has 4 nitrogen and oxygen atoms in total. The van der Waals surface area contributed by atoms with E-state index in [1.54, 1.807) is 12.4 Å². The van der Waals surface area contributed by atoms with E-state index in [9.17, 15) is 4.79 Å². The summed E-state index contributed by atoms with van der Waals surface area (Å²) in [6, 6.07) is 4.03. The monoisotopic (exact) mass is 259 g/mol. The predicted octanol–water partition coefficient (Wildman–Crippen LogP) is 1.13. The predicted molar refractivity (Wildman–Crippen MR) is 73.6 cm³/mol. The highest BCUT2D eigenvalue weighted by atomic mass is 16.2. The molecule has 1 amide bonds. The summed E-state index contributed by atoms with van der Waals surface area (Å²) in [6.07, 6.45) is 8.24. The van der Waals surface area contributed by atoms with Crippen LogP contribution in [-0.2, 0) is 11.2 Å². The molecule has 0 aromatic carbocycles. The van der Waals surface area contributed by atoms with Crippen molar-refractivity contribution in [1.29, 1.82) is 0 Å². The summed E-state index contributed by atoms with van der Waals surface area (Å²) >= 11 is 0. The summed E-state index contributed by atoms with van der Waals surface area (Å²) < 4.78 is 0. The first-order valence-corrected chi connectivity index (χ1v) is 7.24. The lowest BCUT2D eigenvalue weighted by Crippen LogP contribution is -2.44. The van der Waals surface area contributed by atoms with Crippen LogP contribution in [-0.4, -0.2) is 30.0 Å². The summed E-state index contributed by atoms with van der Waals surface area (Å²) in [5.74, 6) is 1.49. The Labute approximate surface area is 114 Å². The quantitative estimate of drug-likeness (QED) is 0.852. The SMILES string of the molecule is O=C(NCCc1ccncc1)C1NCC2CCCC21. The second kappa shape index (κ2) is 5.70. The van der Waals surface area contributed by atoms with Crippen LogP contribution < -0.4 is 10.6 Å². The number of carbonyl (C=O) groups excluding carboxylic acids is 1. The number of rotatable bonds is 4. The zero-order valence-corrected chi connectivity index (χ0v) is 11.1. The first-order valence-electron chi connectivity index (χ1n) is 7.24. The molecule has 1 aromatic heterocycles. The Kier molecular flexibility index (Phi) is 3.78. The van der Waals surface area contributed by atoms with Crippen LogP contribution >= 0.6 is 0 Å². The van der Waals surface area contributed by atoms with Gasteiger partial charge in [0.1, 0.15) is 0 Å².